The highest BCUT2D eigenvalue weighted by Gasteiger charge is 2.16. The Morgan fingerprint density at radius 1 is 1.12 bits per heavy atom. The van der Waals surface area contributed by atoms with Crippen LogP contribution >= 0.6 is 11.8 Å². The van der Waals surface area contributed by atoms with E-state index >= 15 is 0 Å². The standard InChI is InChI=1S/C18H18N2S.CH2O2/c1-18(2,3)21-17-12-19-9-8-15(17)14-10-13-6-4-5-7-16(13)20-11-14;2-1-3/h4-12H,1-3H3;1H,(H,2,3). The molecular formula is C19H20N2O2S. The second-order valence-corrected chi connectivity index (χ2v) is 7.98. The Kier molecular flexibility index (Phi) is 5.93. The summed E-state index contributed by atoms with van der Waals surface area (Å²) in [5, 5.41) is 8.05. The van der Waals surface area contributed by atoms with Crippen molar-refractivity contribution in [2.75, 3.05) is 0 Å². The molecule has 0 radical (unpaired) electrons. The lowest BCUT2D eigenvalue weighted by atomic mass is 10.1. The summed E-state index contributed by atoms with van der Waals surface area (Å²) in [6.07, 6.45) is 5.74. The molecule has 1 aromatic carbocycles. The van der Waals surface area contributed by atoms with Gasteiger partial charge in [-0.05, 0) is 23.8 Å². The van der Waals surface area contributed by atoms with Gasteiger partial charge in [-0.3, -0.25) is 14.8 Å². The van der Waals surface area contributed by atoms with Gasteiger partial charge >= 0.3 is 0 Å². The lowest BCUT2D eigenvalue weighted by Gasteiger charge is -2.19. The lowest BCUT2D eigenvalue weighted by Crippen LogP contribution is -2.07. The zero-order chi connectivity index (χ0) is 17.6. The highest BCUT2D eigenvalue weighted by atomic mass is 32.2. The van der Waals surface area contributed by atoms with Gasteiger partial charge in [-0.1, -0.05) is 39.0 Å². The van der Waals surface area contributed by atoms with Crippen molar-refractivity contribution in [3.8, 4) is 11.1 Å². The second-order valence-electron chi connectivity index (χ2n) is 6.11. The van der Waals surface area contributed by atoms with E-state index in [2.05, 4.69) is 48.9 Å². The van der Waals surface area contributed by atoms with Gasteiger partial charge in [0.1, 0.15) is 0 Å². The van der Waals surface area contributed by atoms with Gasteiger partial charge in [0.15, 0.2) is 0 Å². The van der Waals surface area contributed by atoms with E-state index in [4.69, 9.17) is 9.90 Å². The fourth-order valence-electron chi connectivity index (χ4n) is 2.25. The number of fused-ring (bicyclic) bond motifs is 1. The maximum absolute atomic E-state index is 8.36. The molecule has 0 atom stereocenters. The molecule has 3 rings (SSSR count). The summed E-state index contributed by atoms with van der Waals surface area (Å²) in [5.74, 6) is 0. The van der Waals surface area contributed by atoms with Crippen LogP contribution < -0.4 is 0 Å². The van der Waals surface area contributed by atoms with Crippen molar-refractivity contribution in [1.29, 1.82) is 0 Å². The first-order valence-corrected chi connectivity index (χ1v) is 8.32. The van der Waals surface area contributed by atoms with E-state index in [1.165, 1.54) is 15.8 Å². The molecule has 2 heterocycles. The van der Waals surface area contributed by atoms with E-state index in [0.717, 1.165) is 11.1 Å². The number of para-hydroxylation sites is 1. The number of pyridine rings is 2. The van der Waals surface area contributed by atoms with Crippen molar-refractivity contribution >= 4 is 29.1 Å². The van der Waals surface area contributed by atoms with Crippen LogP contribution in [0.4, 0.5) is 0 Å². The topological polar surface area (TPSA) is 63.1 Å². The van der Waals surface area contributed by atoms with Gasteiger partial charge in [0.25, 0.3) is 6.47 Å². The van der Waals surface area contributed by atoms with Crippen LogP contribution in [0.2, 0.25) is 0 Å². The molecule has 5 heteroatoms. The van der Waals surface area contributed by atoms with Gasteiger partial charge in [0.05, 0.1) is 5.52 Å². The van der Waals surface area contributed by atoms with Crippen LogP contribution in [-0.4, -0.2) is 26.3 Å². The number of carboxylic acid groups (broad SMARTS) is 1. The Balaban J connectivity index is 0.000000647. The van der Waals surface area contributed by atoms with Crippen LogP contribution in [0.3, 0.4) is 0 Å². The van der Waals surface area contributed by atoms with Crippen molar-refractivity contribution in [3.63, 3.8) is 0 Å². The molecule has 3 aromatic rings. The molecule has 0 unspecified atom stereocenters. The van der Waals surface area contributed by atoms with Crippen LogP contribution in [-0.2, 0) is 4.79 Å². The summed E-state index contributed by atoms with van der Waals surface area (Å²) in [5.41, 5.74) is 3.37. The van der Waals surface area contributed by atoms with Gasteiger partial charge < -0.3 is 5.11 Å². The number of thioether (sulfide) groups is 1. The predicted molar refractivity (Wildman–Crippen MR) is 99.3 cm³/mol. The maximum Gasteiger partial charge on any atom is 0.290 e. The molecular weight excluding hydrogens is 320 g/mol. The highest BCUT2D eigenvalue weighted by molar-refractivity contribution is 8.00. The lowest BCUT2D eigenvalue weighted by molar-refractivity contribution is -0.122. The van der Waals surface area contributed by atoms with E-state index < -0.39 is 0 Å². The Morgan fingerprint density at radius 3 is 2.54 bits per heavy atom. The Morgan fingerprint density at radius 2 is 1.83 bits per heavy atom. The first kappa shape index (κ1) is 17.9. The summed E-state index contributed by atoms with van der Waals surface area (Å²) < 4.78 is 0.155. The summed E-state index contributed by atoms with van der Waals surface area (Å²) in [6.45, 7) is 6.40. The first-order valence-electron chi connectivity index (χ1n) is 7.50. The summed E-state index contributed by atoms with van der Waals surface area (Å²) in [4.78, 5) is 18.4. The minimum Gasteiger partial charge on any atom is -0.483 e. The van der Waals surface area contributed by atoms with Crippen LogP contribution in [0.15, 0.2) is 59.9 Å². The quantitative estimate of drug-likeness (QED) is 0.531. The minimum atomic E-state index is -0.250. The third-order valence-electron chi connectivity index (χ3n) is 3.10. The number of carbonyl (C=O) groups is 1. The second kappa shape index (κ2) is 7.93. The third kappa shape index (κ3) is 4.80. The maximum atomic E-state index is 8.36. The molecule has 2 aromatic heterocycles. The largest absolute Gasteiger partial charge is 0.483 e. The third-order valence-corrected chi connectivity index (χ3v) is 4.26. The van der Waals surface area contributed by atoms with Gasteiger partial charge in [-0.25, -0.2) is 0 Å². The summed E-state index contributed by atoms with van der Waals surface area (Å²) in [7, 11) is 0. The number of hydrogen-bond acceptors (Lipinski definition) is 4. The van der Waals surface area contributed by atoms with Gasteiger partial charge in [-0.15, -0.1) is 11.8 Å². The summed E-state index contributed by atoms with van der Waals surface area (Å²) >= 11 is 1.84. The van der Waals surface area contributed by atoms with E-state index in [9.17, 15) is 0 Å². The molecule has 0 bridgehead atoms. The van der Waals surface area contributed by atoms with Gasteiger partial charge in [0.2, 0.25) is 0 Å². The molecule has 0 aliphatic heterocycles. The monoisotopic (exact) mass is 340 g/mol. The van der Waals surface area contributed by atoms with E-state index in [-0.39, 0.29) is 11.2 Å². The van der Waals surface area contributed by atoms with Gasteiger partial charge in [0, 0.05) is 39.2 Å². The number of nitrogens with zero attached hydrogens (tertiary/aromatic N) is 2. The SMILES string of the molecule is CC(C)(C)Sc1cnccc1-c1cnc2ccccc2c1.O=CO. The van der Waals surface area contributed by atoms with E-state index in [0.29, 0.717) is 0 Å². The normalized spacial score (nSPS) is 10.8. The van der Waals surface area contributed by atoms with Crippen molar-refractivity contribution in [3.05, 3.63) is 55.0 Å². The van der Waals surface area contributed by atoms with Crippen molar-refractivity contribution < 1.29 is 9.90 Å². The van der Waals surface area contributed by atoms with Gasteiger partial charge in [-0.2, -0.15) is 0 Å². The highest BCUT2D eigenvalue weighted by Crippen LogP contribution is 2.38. The zero-order valence-corrected chi connectivity index (χ0v) is 14.7. The molecule has 0 fully saturated rings. The molecule has 124 valence electrons. The Labute approximate surface area is 146 Å². The minimum absolute atomic E-state index is 0.155. The molecule has 4 nitrogen and oxygen atoms in total. The van der Waals surface area contributed by atoms with Crippen LogP contribution in [0.25, 0.3) is 22.0 Å². The number of rotatable bonds is 2. The summed E-state index contributed by atoms with van der Waals surface area (Å²) in [6, 6.07) is 12.5. The number of hydrogen-bond donors (Lipinski definition) is 1. The van der Waals surface area contributed by atoms with Crippen LogP contribution in [0.1, 0.15) is 20.8 Å². The number of benzene rings is 1. The molecule has 0 aliphatic rings. The Bertz CT molecular complexity index is 829. The molecule has 0 saturated carbocycles. The average Bonchev–Trinajstić information content (AvgIpc) is 2.54. The number of aromatic nitrogens is 2. The van der Waals surface area contributed by atoms with Crippen molar-refractivity contribution in [2.45, 2.75) is 30.4 Å². The molecule has 24 heavy (non-hydrogen) atoms. The Hall–Kier alpha value is -2.40. The smallest absolute Gasteiger partial charge is 0.290 e. The van der Waals surface area contributed by atoms with Crippen molar-refractivity contribution in [1.82, 2.24) is 9.97 Å². The molecule has 0 saturated heterocycles. The first-order chi connectivity index (χ1) is 11.4. The van der Waals surface area contributed by atoms with Crippen LogP contribution in [0, 0.1) is 0 Å². The molecule has 1 N–H and O–H groups in total. The fourth-order valence-corrected chi connectivity index (χ4v) is 3.32. The molecule has 0 amide bonds. The van der Waals surface area contributed by atoms with Crippen molar-refractivity contribution in [2.24, 2.45) is 0 Å². The average molecular weight is 340 g/mol. The predicted octanol–water partition coefficient (Wildman–Crippen LogP) is 4.89. The van der Waals surface area contributed by atoms with Crippen LogP contribution in [0.5, 0.6) is 0 Å². The molecule has 0 aliphatic carbocycles. The fraction of sp³-hybridized carbons (Fsp3) is 0.211. The zero-order valence-electron chi connectivity index (χ0n) is 13.9. The van der Waals surface area contributed by atoms with E-state index in [1.807, 2.05) is 48.6 Å². The van der Waals surface area contributed by atoms with E-state index in [1.54, 1.807) is 0 Å². The molecule has 0 spiro atoms.